The van der Waals surface area contributed by atoms with Gasteiger partial charge < -0.3 is 10.6 Å². The minimum absolute atomic E-state index is 0.0208. The zero-order chi connectivity index (χ0) is 21.0. The van der Waals surface area contributed by atoms with Gasteiger partial charge in [0.2, 0.25) is 5.91 Å². The Morgan fingerprint density at radius 1 is 1.24 bits per heavy atom. The molecule has 1 amide bonds. The molecule has 29 heavy (non-hydrogen) atoms. The summed E-state index contributed by atoms with van der Waals surface area (Å²) in [5.41, 5.74) is 0.254. The number of hydrogen-bond donors (Lipinski definition) is 2. The fourth-order valence-corrected chi connectivity index (χ4v) is 2.88. The second-order valence-corrected chi connectivity index (χ2v) is 6.71. The predicted molar refractivity (Wildman–Crippen MR) is 103 cm³/mol. The minimum Gasteiger partial charge on any atom is -0.323 e. The van der Waals surface area contributed by atoms with Crippen molar-refractivity contribution in [3.05, 3.63) is 71.3 Å². The smallest absolute Gasteiger partial charge is 0.323 e. The molecule has 0 bridgehead atoms. The van der Waals surface area contributed by atoms with E-state index in [0.717, 1.165) is 17.7 Å². The molecule has 0 aliphatic carbocycles. The van der Waals surface area contributed by atoms with Crippen LogP contribution in [0.1, 0.15) is 24.1 Å². The highest BCUT2D eigenvalue weighted by Crippen LogP contribution is 2.33. The van der Waals surface area contributed by atoms with Crippen LogP contribution in [0.4, 0.5) is 18.9 Å². The highest BCUT2D eigenvalue weighted by molar-refractivity contribution is 6.30. The molecule has 1 unspecified atom stereocenters. The number of rotatable bonds is 6. The number of nitrogens with zero attached hydrogens (tertiary/aromatic N) is 3. The Kier molecular flexibility index (Phi) is 6.19. The second-order valence-electron chi connectivity index (χ2n) is 6.28. The summed E-state index contributed by atoms with van der Waals surface area (Å²) in [6.07, 6.45) is -1.96. The molecule has 0 aliphatic rings. The van der Waals surface area contributed by atoms with E-state index < -0.39 is 17.6 Å². The van der Waals surface area contributed by atoms with E-state index in [1.165, 1.54) is 23.4 Å². The van der Waals surface area contributed by atoms with Crippen molar-refractivity contribution in [1.82, 2.24) is 20.1 Å². The van der Waals surface area contributed by atoms with Crippen molar-refractivity contribution >= 4 is 23.2 Å². The normalized spacial score (nSPS) is 12.6. The highest BCUT2D eigenvalue weighted by atomic mass is 35.5. The maximum atomic E-state index is 13.1. The van der Waals surface area contributed by atoms with Crippen LogP contribution in [0.25, 0.3) is 5.69 Å². The summed E-state index contributed by atoms with van der Waals surface area (Å²) in [6, 6.07) is 10.0. The largest absolute Gasteiger partial charge is 0.416 e. The Bertz CT molecular complexity index is 992. The van der Waals surface area contributed by atoms with E-state index in [0.29, 0.717) is 5.02 Å². The molecule has 2 N–H and O–H groups in total. The maximum absolute atomic E-state index is 13.1. The fourth-order valence-electron chi connectivity index (χ4n) is 2.68. The molecule has 0 spiro atoms. The van der Waals surface area contributed by atoms with Crippen LogP contribution in [0.15, 0.2) is 55.1 Å². The Morgan fingerprint density at radius 2 is 2.03 bits per heavy atom. The summed E-state index contributed by atoms with van der Waals surface area (Å²) in [4.78, 5) is 16.2. The van der Waals surface area contributed by atoms with Crippen LogP contribution < -0.4 is 10.6 Å². The van der Waals surface area contributed by atoms with Crippen molar-refractivity contribution in [3.8, 4) is 5.69 Å². The standard InChI is InChI=1S/C19H17ClF3N5O/c1-12(13-3-2-4-15(20)7-13)25-9-18(29)27-16-8-14(19(21,22)23)5-6-17(16)28-11-24-10-26-28/h2-8,10-12,25H,9H2,1H3,(H,27,29). The van der Waals surface area contributed by atoms with Gasteiger partial charge in [-0.3, -0.25) is 4.79 Å². The molecule has 3 aromatic rings. The number of carbonyl (C=O) groups is 1. The molecule has 3 rings (SSSR count). The van der Waals surface area contributed by atoms with E-state index in [9.17, 15) is 18.0 Å². The Balaban J connectivity index is 1.74. The van der Waals surface area contributed by atoms with Gasteiger partial charge in [0, 0.05) is 11.1 Å². The first-order valence-corrected chi connectivity index (χ1v) is 8.97. The third-order valence-corrected chi connectivity index (χ3v) is 4.42. The van der Waals surface area contributed by atoms with E-state index in [1.807, 2.05) is 13.0 Å². The summed E-state index contributed by atoms with van der Waals surface area (Å²) in [6.45, 7) is 1.74. The van der Waals surface area contributed by atoms with Gasteiger partial charge in [-0.1, -0.05) is 23.7 Å². The molecule has 0 aliphatic heterocycles. The average Bonchev–Trinajstić information content (AvgIpc) is 3.20. The summed E-state index contributed by atoms with van der Waals surface area (Å²) < 4.78 is 40.5. The number of alkyl halides is 3. The lowest BCUT2D eigenvalue weighted by molar-refractivity contribution is -0.137. The number of aromatic nitrogens is 3. The Hall–Kier alpha value is -2.91. The number of benzene rings is 2. The molecule has 10 heteroatoms. The molecule has 2 aromatic carbocycles. The Morgan fingerprint density at radius 3 is 2.69 bits per heavy atom. The molecule has 1 heterocycles. The molecule has 1 atom stereocenters. The van der Waals surface area contributed by atoms with Crippen LogP contribution in [0.5, 0.6) is 0 Å². The molecular formula is C19H17ClF3N5O. The van der Waals surface area contributed by atoms with Crippen molar-refractivity contribution in [3.63, 3.8) is 0 Å². The first-order valence-electron chi connectivity index (χ1n) is 8.59. The summed E-state index contributed by atoms with van der Waals surface area (Å²) in [5, 5.41) is 10.0. The molecule has 0 saturated carbocycles. The number of halogens is 4. The van der Waals surface area contributed by atoms with E-state index in [1.54, 1.807) is 18.2 Å². The molecule has 0 saturated heterocycles. The van der Waals surface area contributed by atoms with E-state index in [4.69, 9.17) is 11.6 Å². The van der Waals surface area contributed by atoms with Crippen molar-refractivity contribution in [2.24, 2.45) is 0 Å². The summed E-state index contributed by atoms with van der Waals surface area (Å²) in [7, 11) is 0. The van der Waals surface area contributed by atoms with Gasteiger partial charge in [0.05, 0.1) is 23.5 Å². The van der Waals surface area contributed by atoms with Crippen LogP contribution >= 0.6 is 11.6 Å². The molecule has 1 aromatic heterocycles. The minimum atomic E-state index is -4.54. The van der Waals surface area contributed by atoms with Gasteiger partial charge in [-0.2, -0.15) is 18.3 Å². The van der Waals surface area contributed by atoms with Crippen LogP contribution in [-0.2, 0) is 11.0 Å². The first kappa shape index (κ1) is 20.8. The van der Waals surface area contributed by atoms with Gasteiger partial charge >= 0.3 is 6.18 Å². The fraction of sp³-hybridized carbons (Fsp3) is 0.211. The third kappa shape index (κ3) is 5.33. The molecule has 6 nitrogen and oxygen atoms in total. The topological polar surface area (TPSA) is 71.8 Å². The lowest BCUT2D eigenvalue weighted by Crippen LogP contribution is -2.30. The average molecular weight is 424 g/mol. The van der Waals surface area contributed by atoms with E-state index in [-0.39, 0.29) is 24.0 Å². The number of nitrogens with one attached hydrogen (secondary N) is 2. The molecule has 0 radical (unpaired) electrons. The number of hydrogen-bond acceptors (Lipinski definition) is 4. The van der Waals surface area contributed by atoms with Gasteiger partial charge in [-0.05, 0) is 42.8 Å². The molecule has 152 valence electrons. The van der Waals surface area contributed by atoms with Crippen molar-refractivity contribution in [2.45, 2.75) is 19.1 Å². The van der Waals surface area contributed by atoms with Crippen LogP contribution in [0.2, 0.25) is 5.02 Å². The van der Waals surface area contributed by atoms with Crippen molar-refractivity contribution in [1.29, 1.82) is 0 Å². The number of anilines is 1. The Labute approximate surface area is 169 Å². The van der Waals surface area contributed by atoms with Crippen molar-refractivity contribution < 1.29 is 18.0 Å². The zero-order valence-corrected chi connectivity index (χ0v) is 16.0. The summed E-state index contributed by atoms with van der Waals surface area (Å²) >= 11 is 5.96. The zero-order valence-electron chi connectivity index (χ0n) is 15.2. The third-order valence-electron chi connectivity index (χ3n) is 4.18. The number of amides is 1. The molecule has 0 fully saturated rings. The van der Waals surface area contributed by atoms with Gasteiger partial charge in [-0.25, -0.2) is 9.67 Å². The number of carbonyl (C=O) groups excluding carboxylic acids is 1. The lowest BCUT2D eigenvalue weighted by Gasteiger charge is -2.16. The first-order chi connectivity index (χ1) is 13.7. The quantitative estimate of drug-likeness (QED) is 0.622. The maximum Gasteiger partial charge on any atom is 0.416 e. The van der Waals surface area contributed by atoms with Gasteiger partial charge in [0.15, 0.2) is 0 Å². The van der Waals surface area contributed by atoms with E-state index in [2.05, 4.69) is 20.7 Å². The van der Waals surface area contributed by atoms with Gasteiger partial charge in [-0.15, -0.1) is 0 Å². The van der Waals surface area contributed by atoms with Gasteiger partial charge in [0.1, 0.15) is 12.7 Å². The summed E-state index contributed by atoms with van der Waals surface area (Å²) in [5.74, 6) is -0.500. The molecular weight excluding hydrogens is 407 g/mol. The van der Waals surface area contributed by atoms with Gasteiger partial charge in [0.25, 0.3) is 0 Å². The van der Waals surface area contributed by atoms with Crippen LogP contribution in [-0.4, -0.2) is 27.2 Å². The SMILES string of the molecule is CC(NCC(=O)Nc1cc(C(F)(F)F)ccc1-n1cncn1)c1cccc(Cl)c1. The van der Waals surface area contributed by atoms with Crippen LogP contribution in [0, 0.1) is 0 Å². The highest BCUT2D eigenvalue weighted by Gasteiger charge is 2.31. The van der Waals surface area contributed by atoms with E-state index >= 15 is 0 Å². The van der Waals surface area contributed by atoms with Crippen LogP contribution in [0.3, 0.4) is 0 Å². The predicted octanol–water partition coefficient (Wildman–Crippen LogP) is 4.23. The van der Waals surface area contributed by atoms with Crippen molar-refractivity contribution in [2.75, 3.05) is 11.9 Å². The monoisotopic (exact) mass is 423 g/mol. The lowest BCUT2D eigenvalue weighted by atomic mass is 10.1. The second kappa shape index (κ2) is 8.62.